The molecule has 0 aliphatic rings. The van der Waals surface area contributed by atoms with Gasteiger partial charge in [0.05, 0.1) is 11.9 Å². The summed E-state index contributed by atoms with van der Waals surface area (Å²) in [6, 6.07) is 4.18. The van der Waals surface area contributed by atoms with Crippen LogP contribution in [0.3, 0.4) is 0 Å². The lowest BCUT2D eigenvalue weighted by molar-refractivity contribution is -0.254. The van der Waals surface area contributed by atoms with Gasteiger partial charge in [0.2, 0.25) is 5.88 Å². The van der Waals surface area contributed by atoms with Gasteiger partial charge in [0.25, 0.3) is 0 Å². The first-order valence-corrected chi connectivity index (χ1v) is 13.4. The van der Waals surface area contributed by atoms with Gasteiger partial charge in [-0.15, -0.1) is 10.2 Å². The van der Waals surface area contributed by atoms with Crippen molar-refractivity contribution in [1.82, 2.24) is 20.2 Å². The van der Waals surface area contributed by atoms with E-state index in [4.69, 9.17) is 4.74 Å². The molecular weight excluding hydrogens is 548 g/mol. The number of allylic oxidation sites excluding steroid dienone is 2. The molecule has 0 radical (unpaired) electrons. The molecule has 0 N–H and O–H groups in total. The minimum absolute atomic E-state index is 0.179. The van der Waals surface area contributed by atoms with Crippen LogP contribution in [0, 0.1) is 5.92 Å². The summed E-state index contributed by atoms with van der Waals surface area (Å²) in [6.45, 7) is 7.84. The van der Waals surface area contributed by atoms with Gasteiger partial charge < -0.3 is 9.29 Å². The highest BCUT2D eigenvalue weighted by atomic mass is 32.2. The average molecular weight is 578 g/mol. The maximum Gasteiger partial charge on any atom is 0.349 e. The minimum atomic E-state index is -5.02. The molecule has 0 aromatic carbocycles. The van der Waals surface area contributed by atoms with Gasteiger partial charge in [0, 0.05) is 24.0 Å². The highest BCUT2D eigenvalue weighted by Crippen LogP contribution is 2.48. The standard InChI is InChI=1S/C24H29F5N5O2PS/c1-6-15(3)20(18(38(35)7-2)13-32-16(4)21-30-11-8-12-31-21)17-9-10-19(34-33-17)36-14-23(26,27)24(28,29)22(5,25)37/h8-13,15H,4,6-7,14,37H2,1-3,5H3/b20-18-,32-13-/t15-,22?,38?/m1/s1. The molecule has 2 aromatic rings. The van der Waals surface area contributed by atoms with E-state index in [9.17, 15) is 26.5 Å². The van der Waals surface area contributed by atoms with Crippen LogP contribution in [0.25, 0.3) is 11.3 Å². The Bertz CT molecular complexity index is 1150. The van der Waals surface area contributed by atoms with Crippen molar-refractivity contribution in [2.45, 2.75) is 51.4 Å². The second-order valence-corrected chi connectivity index (χ2v) is 11.2. The molecule has 0 saturated carbocycles. The van der Waals surface area contributed by atoms with Gasteiger partial charge in [-0.25, -0.2) is 19.4 Å². The number of nitrogens with zero attached hydrogens (tertiary/aromatic N) is 5. The normalized spacial score (nSPS) is 16.5. The first-order valence-electron chi connectivity index (χ1n) is 11.5. The van der Waals surface area contributed by atoms with Gasteiger partial charge in [-0.05, 0) is 49.5 Å². The summed E-state index contributed by atoms with van der Waals surface area (Å²) in [5.41, 5.74) is 1.03. The van der Waals surface area contributed by atoms with E-state index >= 15 is 0 Å². The third-order valence-corrected chi connectivity index (χ3v) is 7.13. The molecule has 0 aliphatic carbocycles. The monoisotopic (exact) mass is 577 g/mol. The third-order valence-electron chi connectivity index (χ3n) is 5.43. The summed E-state index contributed by atoms with van der Waals surface area (Å²) in [6.07, 6.45) is 5.07. The Hall–Kier alpha value is -2.50. The maximum atomic E-state index is 14.0. The van der Waals surface area contributed by atoms with Crippen LogP contribution in [0.5, 0.6) is 5.88 Å². The quantitative estimate of drug-likeness (QED) is 0.130. The number of aliphatic imine (C=N–C) groups is 1. The molecule has 0 aliphatic heterocycles. The lowest BCUT2D eigenvalue weighted by atomic mass is 9.95. The van der Waals surface area contributed by atoms with E-state index in [1.807, 2.05) is 13.8 Å². The summed E-state index contributed by atoms with van der Waals surface area (Å²) in [4.78, 5) is 12.8. The fourth-order valence-electron chi connectivity index (χ4n) is 3.03. The number of rotatable bonds is 13. The van der Waals surface area contributed by atoms with Crippen molar-refractivity contribution in [3.63, 3.8) is 0 Å². The largest absolute Gasteiger partial charge is 0.611 e. The molecule has 0 bridgehead atoms. The Morgan fingerprint density at radius 3 is 2.32 bits per heavy atom. The van der Waals surface area contributed by atoms with Crippen LogP contribution < -0.4 is 4.74 Å². The number of halogens is 5. The molecule has 2 rings (SSSR count). The van der Waals surface area contributed by atoms with Crippen molar-refractivity contribution in [1.29, 1.82) is 0 Å². The van der Waals surface area contributed by atoms with Crippen LogP contribution >= 0.6 is 9.24 Å². The summed E-state index contributed by atoms with van der Waals surface area (Å²) in [5, 5.41) is 4.15. The van der Waals surface area contributed by atoms with E-state index in [2.05, 4.69) is 31.7 Å². The molecule has 4 atom stereocenters. The molecule has 208 valence electrons. The van der Waals surface area contributed by atoms with Crippen LogP contribution in [-0.4, -0.2) is 60.5 Å². The van der Waals surface area contributed by atoms with Crippen molar-refractivity contribution in [2.24, 2.45) is 10.9 Å². The Morgan fingerprint density at radius 2 is 1.82 bits per heavy atom. The number of aromatic nitrogens is 4. The molecule has 0 fully saturated rings. The molecule has 14 heteroatoms. The highest BCUT2D eigenvalue weighted by molar-refractivity contribution is 7.96. The van der Waals surface area contributed by atoms with E-state index < -0.39 is 40.9 Å². The molecule has 3 unspecified atom stereocenters. The molecule has 38 heavy (non-hydrogen) atoms. The first kappa shape index (κ1) is 31.7. The number of ether oxygens (including phenoxy) is 1. The molecule has 0 spiro atoms. The van der Waals surface area contributed by atoms with E-state index in [1.54, 1.807) is 13.0 Å². The third kappa shape index (κ3) is 7.54. The molecule has 7 nitrogen and oxygen atoms in total. The lowest BCUT2D eigenvalue weighted by Gasteiger charge is -2.32. The van der Waals surface area contributed by atoms with Gasteiger partial charge in [-0.1, -0.05) is 29.7 Å². The topological polar surface area (TPSA) is 96.2 Å². The Balaban J connectivity index is 2.40. The summed E-state index contributed by atoms with van der Waals surface area (Å²) < 4.78 is 87.0. The Kier molecular flexibility index (Phi) is 10.9. The van der Waals surface area contributed by atoms with Crippen molar-refractivity contribution in [3.05, 3.63) is 53.6 Å². The molecule has 2 heterocycles. The zero-order valence-electron chi connectivity index (χ0n) is 21.3. The van der Waals surface area contributed by atoms with Gasteiger partial charge in [0.1, 0.15) is 11.4 Å². The van der Waals surface area contributed by atoms with Gasteiger partial charge >= 0.3 is 11.8 Å². The SMILES string of the molecule is C=C(/N=C\C(=C(\c1ccc(OCC(F)(F)C(F)(F)C(C)(F)P)nn1)[C@H](C)CC)[S+]([O-])CC)c1ncccn1. The fraction of sp³-hybridized carbons (Fsp3) is 0.458. The second-order valence-electron chi connectivity index (χ2n) is 8.40. The van der Waals surface area contributed by atoms with Gasteiger partial charge in [0.15, 0.2) is 22.7 Å². The second kappa shape index (κ2) is 13.0. The van der Waals surface area contributed by atoms with Crippen LogP contribution in [0.15, 0.2) is 47.1 Å². The fourth-order valence-corrected chi connectivity index (χ4v) is 4.27. The van der Waals surface area contributed by atoms with Crippen molar-refractivity contribution in [2.75, 3.05) is 12.4 Å². The number of hydrogen-bond acceptors (Lipinski definition) is 7. The lowest BCUT2D eigenvalue weighted by Crippen LogP contribution is -2.54. The molecular formula is C24H29F5N5O2PS. The molecule has 0 amide bonds. The van der Waals surface area contributed by atoms with Crippen LogP contribution in [0.4, 0.5) is 22.0 Å². The van der Waals surface area contributed by atoms with Gasteiger partial charge in [-0.3, -0.25) is 0 Å². The van der Waals surface area contributed by atoms with Crippen LogP contribution in [-0.2, 0) is 11.2 Å². The van der Waals surface area contributed by atoms with Crippen molar-refractivity contribution < 1.29 is 31.2 Å². The zero-order valence-corrected chi connectivity index (χ0v) is 23.3. The summed E-state index contributed by atoms with van der Waals surface area (Å²) >= 11 is -1.50. The molecule has 0 saturated heterocycles. The van der Waals surface area contributed by atoms with E-state index in [-0.39, 0.29) is 28.9 Å². The summed E-state index contributed by atoms with van der Waals surface area (Å²) in [7, 11) is 1.06. The predicted molar refractivity (Wildman–Crippen MR) is 141 cm³/mol. The number of hydrogen-bond donors (Lipinski definition) is 0. The number of alkyl halides is 5. The van der Waals surface area contributed by atoms with Crippen molar-refractivity contribution in [3.8, 4) is 5.88 Å². The maximum absolute atomic E-state index is 14.0. The van der Waals surface area contributed by atoms with E-state index in [0.29, 0.717) is 23.8 Å². The van der Waals surface area contributed by atoms with E-state index in [1.165, 1.54) is 24.7 Å². The van der Waals surface area contributed by atoms with Crippen LogP contribution in [0.1, 0.15) is 45.6 Å². The Labute approximate surface area is 223 Å². The molecule has 2 aromatic heterocycles. The first-order chi connectivity index (χ1) is 17.7. The van der Waals surface area contributed by atoms with Crippen molar-refractivity contribution >= 4 is 37.9 Å². The van der Waals surface area contributed by atoms with Gasteiger partial charge in [-0.2, -0.15) is 17.6 Å². The zero-order chi connectivity index (χ0) is 28.7. The average Bonchev–Trinajstić information content (AvgIpc) is 2.89. The predicted octanol–water partition coefficient (Wildman–Crippen LogP) is 5.74. The van der Waals surface area contributed by atoms with E-state index in [0.717, 1.165) is 15.3 Å². The minimum Gasteiger partial charge on any atom is -0.611 e. The van der Waals surface area contributed by atoms with Crippen LogP contribution in [0.2, 0.25) is 0 Å². The summed E-state index contributed by atoms with van der Waals surface area (Å²) in [5.74, 6) is -9.95. The Morgan fingerprint density at radius 1 is 1.18 bits per heavy atom. The smallest absolute Gasteiger partial charge is 0.349 e. The highest BCUT2D eigenvalue weighted by Gasteiger charge is 2.66.